The van der Waals surface area contributed by atoms with Crippen molar-refractivity contribution in [1.29, 1.82) is 0 Å². The van der Waals surface area contributed by atoms with E-state index in [9.17, 15) is 24.3 Å². The topological polar surface area (TPSA) is 124 Å². The molecule has 3 heterocycles. The maximum Gasteiger partial charge on any atom is 0.335 e. The van der Waals surface area contributed by atoms with E-state index >= 15 is 0 Å². The van der Waals surface area contributed by atoms with Crippen molar-refractivity contribution in [2.75, 3.05) is 39.4 Å². The number of benzene rings is 6. The number of aromatic carboxylic acids is 1. The first-order valence-corrected chi connectivity index (χ1v) is 22.8. The minimum atomic E-state index is -0.924. The normalized spacial score (nSPS) is 13.9. The molecule has 9 rings (SSSR count). The quantitative estimate of drug-likeness (QED) is 0.170. The Morgan fingerprint density at radius 2 is 0.750 bits per heavy atom. The second kappa shape index (κ2) is 26.8. The summed E-state index contributed by atoms with van der Waals surface area (Å²) in [6.07, 6.45) is 4.53. The molecule has 68 heavy (non-hydrogen) atoms. The van der Waals surface area contributed by atoms with E-state index in [2.05, 4.69) is 35.5 Å². The molecule has 3 saturated heterocycles. The molecule has 6 aromatic rings. The van der Waals surface area contributed by atoms with E-state index in [1.165, 1.54) is 12.8 Å². The van der Waals surface area contributed by atoms with E-state index in [0.717, 1.165) is 46.6 Å². The van der Waals surface area contributed by atoms with Crippen molar-refractivity contribution < 1.29 is 34.1 Å². The van der Waals surface area contributed by atoms with Gasteiger partial charge in [-0.25, -0.2) is 4.79 Å². The molecule has 0 aromatic heterocycles. The number of amides is 2. The van der Waals surface area contributed by atoms with Crippen molar-refractivity contribution in [3.05, 3.63) is 214 Å². The third-order valence-electron chi connectivity index (χ3n) is 11.0. The zero-order chi connectivity index (χ0) is 47.8. The lowest BCUT2D eigenvalue weighted by Crippen LogP contribution is -2.40. The summed E-state index contributed by atoms with van der Waals surface area (Å²) < 4.78 is 4.94. The van der Waals surface area contributed by atoms with E-state index in [-0.39, 0.29) is 29.3 Å². The van der Waals surface area contributed by atoms with E-state index in [1.54, 1.807) is 46.2 Å². The molecule has 9 nitrogen and oxygen atoms in total. The molecule has 0 spiro atoms. The number of likely N-dealkylation sites (tertiary alicyclic amines) is 2. The molecule has 9 heteroatoms. The Bertz CT molecular complexity index is 2730. The van der Waals surface area contributed by atoms with Gasteiger partial charge in [0.2, 0.25) is 0 Å². The molecular weight excluding hydrogens is 849 g/mol. The standard InChI is InChI=1S/C20H19NO2.C20H17NO2.C15H10O2.C4H8O/c2*22-19-12-14-21(15-13-19)20(23)18-10-8-17(9-11-18)7-6-16-4-2-1-3-5-16;16-15(17)14-10-8-13(9-11-14)7-6-12-4-2-1-3-5-12;1-2-4-5-3-1/h1-5,8-11,19,22H,12-15H2;1-5,8-11H,12-15H2;1-5,8-11H,(H,16,17);1-4H2. The molecule has 2 amide bonds. The number of aliphatic hydroxyl groups is 1. The number of carboxylic acid groups (broad SMARTS) is 1. The van der Waals surface area contributed by atoms with Crippen LogP contribution in [-0.2, 0) is 9.53 Å². The van der Waals surface area contributed by atoms with Crippen LogP contribution < -0.4 is 0 Å². The van der Waals surface area contributed by atoms with Crippen molar-refractivity contribution in [2.24, 2.45) is 0 Å². The van der Waals surface area contributed by atoms with Crippen molar-refractivity contribution in [3.63, 3.8) is 0 Å². The second-order valence-corrected chi connectivity index (χ2v) is 16.1. The van der Waals surface area contributed by atoms with Gasteiger partial charge in [0.1, 0.15) is 5.78 Å². The number of ether oxygens (including phenoxy) is 1. The summed E-state index contributed by atoms with van der Waals surface area (Å²) in [7, 11) is 0. The average Bonchev–Trinajstić information content (AvgIpc) is 4.00. The molecule has 0 unspecified atom stereocenters. The molecule has 2 N–H and O–H groups in total. The van der Waals surface area contributed by atoms with Gasteiger partial charge in [-0.2, -0.15) is 0 Å². The van der Waals surface area contributed by atoms with Gasteiger partial charge in [0.25, 0.3) is 11.8 Å². The van der Waals surface area contributed by atoms with Gasteiger partial charge in [0.05, 0.1) is 11.7 Å². The minimum Gasteiger partial charge on any atom is -0.478 e. The molecule has 0 aliphatic carbocycles. The fourth-order valence-corrected chi connectivity index (χ4v) is 6.99. The maximum absolute atomic E-state index is 12.4. The van der Waals surface area contributed by atoms with Crippen molar-refractivity contribution in [3.8, 4) is 35.5 Å². The number of aliphatic hydroxyl groups excluding tert-OH is 1. The van der Waals surface area contributed by atoms with Gasteiger partial charge in [0.15, 0.2) is 0 Å². The molecule has 0 radical (unpaired) electrons. The first-order valence-electron chi connectivity index (χ1n) is 22.8. The van der Waals surface area contributed by atoms with E-state index in [1.807, 2.05) is 127 Å². The van der Waals surface area contributed by atoms with Gasteiger partial charge in [-0.05, 0) is 135 Å². The van der Waals surface area contributed by atoms with Crippen LogP contribution in [0.3, 0.4) is 0 Å². The van der Waals surface area contributed by atoms with E-state index < -0.39 is 5.97 Å². The van der Waals surface area contributed by atoms with Crippen molar-refractivity contribution in [1.82, 2.24) is 9.80 Å². The van der Waals surface area contributed by atoms with Crippen LogP contribution in [0.15, 0.2) is 164 Å². The van der Waals surface area contributed by atoms with Gasteiger partial charge in [0, 0.05) is 96.7 Å². The van der Waals surface area contributed by atoms with Gasteiger partial charge in [-0.3, -0.25) is 14.4 Å². The first kappa shape index (κ1) is 49.4. The number of nitrogens with zero attached hydrogens (tertiary/aromatic N) is 2. The number of rotatable bonds is 3. The second-order valence-electron chi connectivity index (χ2n) is 16.1. The Hall–Kier alpha value is -8.00. The highest BCUT2D eigenvalue weighted by atomic mass is 16.5. The molecule has 3 aliphatic heterocycles. The third-order valence-corrected chi connectivity index (χ3v) is 11.0. The summed E-state index contributed by atoms with van der Waals surface area (Å²) >= 11 is 0. The van der Waals surface area contributed by atoms with Crippen molar-refractivity contribution >= 4 is 23.6 Å². The predicted molar refractivity (Wildman–Crippen MR) is 265 cm³/mol. The summed E-state index contributed by atoms with van der Waals surface area (Å²) in [6, 6.07) is 50.5. The summed E-state index contributed by atoms with van der Waals surface area (Å²) in [5, 5.41) is 18.3. The largest absolute Gasteiger partial charge is 0.478 e. The fraction of sp³-hybridized carbons (Fsp3) is 0.220. The highest BCUT2D eigenvalue weighted by Gasteiger charge is 2.23. The number of piperidine rings is 2. The molecule has 0 saturated carbocycles. The molecule has 3 aliphatic rings. The number of hydrogen-bond donors (Lipinski definition) is 2. The number of carbonyl (C=O) groups excluding carboxylic acids is 3. The van der Waals surface area contributed by atoms with Crippen LogP contribution in [-0.4, -0.2) is 89.1 Å². The van der Waals surface area contributed by atoms with Gasteiger partial charge in [-0.15, -0.1) is 0 Å². The van der Waals surface area contributed by atoms with E-state index in [0.29, 0.717) is 63.0 Å². The smallest absolute Gasteiger partial charge is 0.335 e. The number of ketones is 1. The molecule has 342 valence electrons. The van der Waals surface area contributed by atoms with Gasteiger partial charge in [-0.1, -0.05) is 90.1 Å². The fourth-order valence-electron chi connectivity index (χ4n) is 6.99. The summed E-state index contributed by atoms with van der Waals surface area (Å²) in [5.74, 6) is 17.7. The lowest BCUT2D eigenvalue weighted by molar-refractivity contribution is -0.120. The van der Waals surface area contributed by atoms with Crippen LogP contribution in [0.2, 0.25) is 0 Å². The Kier molecular flexibility index (Phi) is 19.5. The van der Waals surface area contributed by atoms with Crippen LogP contribution in [0.4, 0.5) is 0 Å². The summed E-state index contributed by atoms with van der Waals surface area (Å²) in [5.41, 5.74) is 7.03. The van der Waals surface area contributed by atoms with Crippen molar-refractivity contribution in [2.45, 2.75) is 44.6 Å². The van der Waals surface area contributed by atoms with Gasteiger partial charge < -0.3 is 24.7 Å². The lowest BCUT2D eigenvalue weighted by Gasteiger charge is -2.29. The SMILES string of the molecule is C1CCOC1.O=C(O)c1ccc(C#Cc2ccccc2)cc1.O=C(c1ccc(C#Cc2ccccc2)cc1)N1CCC(O)CC1.O=C1CCN(C(=O)c2ccc(C#Cc3ccccc3)cc2)CC1. The predicted octanol–water partition coefficient (Wildman–Crippen LogP) is 9.16. The lowest BCUT2D eigenvalue weighted by atomic mass is 10.1. The molecular formula is C59H54N2O7. The van der Waals surface area contributed by atoms with Crippen LogP contribution >= 0.6 is 0 Å². The zero-order valence-corrected chi connectivity index (χ0v) is 38.0. The number of carboxylic acids is 1. The van der Waals surface area contributed by atoms with Crippen LogP contribution in [0.1, 0.15) is 103 Å². The number of carbonyl (C=O) groups is 4. The first-order chi connectivity index (χ1) is 33.2. The average molecular weight is 903 g/mol. The number of hydrogen-bond acceptors (Lipinski definition) is 6. The van der Waals surface area contributed by atoms with Crippen LogP contribution in [0.5, 0.6) is 0 Å². The Labute approximate surface area is 399 Å². The maximum atomic E-state index is 12.4. The molecule has 3 fully saturated rings. The van der Waals surface area contributed by atoms with Gasteiger partial charge >= 0.3 is 5.97 Å². The molecule has 0 bridgehead atoms. The third kappa shape index (κ3) is 16.8. The minimum absolute atomic E-state index is 0.0138. The van der Waals surface area contributed by atoms with Crippen LogP contribution in [0.25, 0.3) is 0 Å². The molecule has 0 atom stereocenters. The highest BCUT2D eigenvalue weighted by molar-refractivity contribution is 5.96. The molecule has 6 aromatic carbocycles. The zero-order valence-electron chi connectivity index (χ0n) is 38.0. The Balaban J connectivity index is 0.000000161. The Morgan fingerprint density at radius 1 is 0.441 bits per heavy atom. The van der Waals surface area contributed by atoms with Crippen LogP contribution in [0, 0.1) is 35.5 Å². The summed E-state index contributed by atoms with van der Waals surface area (Å²) in [6.45, 7) is 4.28. The number of Topliss-reactive ketones (excluding diaryl/α,β-unsaturated/α-hetero) is 1. The summed E-state index contributed by atoms with van der Waals surface area (Å²) in [4.78, 5) is 50.2. The monoisotopic (exact) mass is 902 g/mol. The highest BCUT2D eigenvalue weighted by Crippen LogP contribution is 2.16. The Morgan fingerprint density at radius 3 is 1.06 bits per heavy atom. The van der Waals surface area contributed by atoms with E-state index in [4.69, 9.17) is 9.84 Å².